The molecule has 2 unspecified atom stereocenters. The molecule has 2 atom stereocenters. The van der Waals surface area contributed by atoms with E-state index < -0.39 is 0 Å². The average molecular weight is 448 g/mol. The summed E-state index contributed by atoms with van der Waals surface area (Å²) in [7, 11) is 2.22. The molecule has 5 rings (SSSR count). The van der Waals surface area contributed by atoms with Crippen LogP contribution in [0.1, 0.15) is 56.6 Å². The summed E-state index contributed by atoms with van der Waals surface area (Å²) in [4.78, 5) is 29.0. The average Bonchev–Trinajstić information content (AvgIpc) is 3.10. The van der Waals surface area contributed by atoms with E-state index in [0.29, 0.717) is 30.2 Å². The Balaban J connectivity index is 1.16. The largest absolute Gasteiger partial charge is 0.371 e. The van der Waals surface area contributed by atoms with Gasteiger partial charge in [-0.25, -0.2) is 9.97 Å². The number of likely N-dealkylation sites (tertiary alicyclic amines) is 1. The molecule has 6 heteroatoms. The Bertz CT molecular complexity index is 935. The van der Waals surface area contributed by atoms with Crippen LogP contribution >= 0.6 is 0 Å². The second-order valence-electron chi connectivity index (χ2n) is 10.6. The molecule has 0 amide bonds. The van der Waals surface area contributed by atoms with Gasteiger partial charge in [-0.3, -0.25) is 4.79 Å². The SMILES string of the molecule is CC(C)C(=O)Cc1ccc(N2CCC(c3cnc(N4C5CCC4CN(C)C5)nc3)CC2)cc1. The van der Waals surface area contributed by atoms with Crippen molar-refractivity contribution in [2.24, 2.45) is 5.92 Å². The molecule has 0 spiro atoms. The van der Waals surface area contributed by atoms with Gasteiger partial charge >= 0.3 is 0 Å². The number of ketones is 1. The van der Waals surface area contributed by atoms with Gasteiger partial charge in [0.15, 0.2) is 0 Å². The van der Waals surface area contributed by atoms with Crippen LogP contribution in [0.25, 0.3) is 0 Å². The molecule has 0 N–H and O–H groups in total. The third-order valence-electron chi connectivity index (χ3n) is 7.84. The zero-order valence-electron chi connectivity index (χ0n) is 20.3. The Hall–Kier alpha value is -2.47. The lowest BCUT2D eigenvalue weighted by Crippen LogP contribution is -2.53. The fraction of sp³-hybridized carbons (Fsp3) is 0.593. The van der Waals surface area contributed by atoms with Gasteiger partial charge < -0.3 is 14.7 Å². The number of carbonyl (C=O) groups excluding carboxylic acids is 1. The number of nitrogens with zero attached hydrogens (tertiary/aromatic N) is 5. The Morgan fingerprint density at radius 1 is 0.970 bits per heavy atom. The van der Waals surface area contributed by atoms with Crippen LogP contribution in [0, 0.1) is 5.92 Å². The predicted octanol–water partition coefficient (Wildman–Crippen LogP) is 3.91. The minimum absolute atomic E-state index is 0.0958. The third kappa shape index (κ3) is 4.77. The van der Waals surface area contributed by atoms with E-state index in [4.69, 9.17) is 9.97 Å². The van der Waals surface area contributed by atoms with Crippen molar-refractivity contribution in [3.63, 3.8) is 0 Å². The maximum Gasteiger partial charge on any atom is 0.225 e. The fourth-order valence-electron chi connectivity index (χ4n) is 5.82. The molecule has 3 saturated heterocycles. The fourth-order valence-corrected chi connectivity index (χ4v) is 5.82. The highest BCUT2D eigenvalue weighted by molar-refractivity contribution is 5.82. The second-order valence-corrected chi connectivity index (χ2v) is 10.6. The van der Waals surface area contributed by atoms with Crippen molar-refractivity contribution in [3.05, 3.63) is 47.8 Å². The van der Waals surface area contributed by atoms with Crippen LogP contribution < -0.4 is 9.80 Å². The highest BCUT2D eigenvalue weighted by atomic mass is 16.1. The Labute approximate surface area is 198 Å². The number of rotatable bonds is 6. The summed E-state index contributed by atoms with van der Waals surface area (Å²) in [6, 6.07) is 9.70. The van der Waals surface area contributed by atoms with Gasteiger partial charge in [0.2, 0.25) is 5.95 Å². The first-order valence-electron chi connectivity index (χ1n) is 12.6. The molecule has 1 aromatic heterocycles. The standard InChI is InChI=1S/C27H37N5O/c1-19(2)26(33)14-20-4-6-23(7-5-20)31-12-10-21(11-13-31)22-15-28-27(29-16-22)32-24-8-9-25(32)18-30(3)17-24/h4-7,15-16,19,21,24-25H,8-14,17-18H2,1-3H3. The van der Waals surface area contributed by atoms with E-state index >= 15 is 0 Å². The van der Waals surface area contributed by atoms with E-state index in [9.17, 15) is 4.79 Å². The number of hydrogen-bond acceptors (Lipinski definition) is 6. The van der Waals surface area contributed by atoms with Gasteiger partial charge in [-0.1, -0.05) is 26.0 Å². The molecule has 33 heavy (non-hydrogen) atoms. The van der Waals surface area contributed by atoms with Gasteiger partial charge in [0.25, 0.3) is 0 Å². The molecule has 4 heterocycles. The van der Waals surface area contributed by atoms with Crippen molar-refractivity contribution < 1.29 is 4.79 Å². The molecule has 0 radical (unpaired) electrons. The molecule has 2 aromatic rings. The van der Waals surface area contributed by atoms with Crippen molar-refractivity contribution in [1.82, 2.24) is 14.9 Å². The monoisotopic (exact) mass is 447 g/mol. The number of Topliss-reactive ketones (excluding diaryl/α,β-unsaturated/α-hetero) is 1. The summed E-state index contributed by atoms with van der Waals surface area (Å²) in [5.74, 6) is 1.85. The summed E-state index contributed by atoms with van der Waals surface area (Å²) < 4.78 is 0. The van der Waals surface area contributed by atoms with E-state index in [1.807, 2.05) is 13.8 Å². The lowest BCUT2D eigenvalue weighted by molar-refractivity contribution is -0.121. The van der Waals surface area contributed by atoms with Gasteiger partial charge in [-0.2, -0.15) is 0 Å². The Morgan fingerprint density at radius 3 is 2.15 bits per heavy atom. The first-order valence-corrected chi connectivity index (χ1v) is 12.6. The van der Waals surface area contributed by atoms with Gasteiger partial charge in [0.1, 0.15) is 5.78 Å². The summed E-state index contributed by atoms with van der Waals surface area (Å²) in [6.45, 7) is 8.26. The lowest BCUT2D eigenvalue weighted by Gasteiger charge is -2.39. The highest BCUT2D eigenvalue weighted by Gasteiger charge is 2.40. The number of carbonyl (C=O) groups is 1. The molecular weight excluding hydrogens is 410 g/mol. The smallest absolute Gasteiger partial charge is 0.225 e. The quantitative estimate of drug-likeness (QED) is 0.669. The maximum absolute atomic E-state index is 12.0. The minimum Gasteiger partial charge on any atom is -0.371 e. The van der Waals surface area contributed by atoms with Crippen molar-refractivity contribution >= 4 is 17.4 Å². The van der Waals surface area contributed by atoms with Crippen LogP contribution in [0.2, 0.25) is 0 Å². The van der Waals surface area contributed by atoms with Crippen LogP contribution in [0.3, 0.4) is 0 Å². The van der Waals surface area contributed by atoms with Crippen LogP contribution in [-0.2, 0) is 11.2 Å². The van der Waals surface area contributed by atoms with Crippen LogP contribution in [0.5, 0.6) is 0 Å². The van der Waals surface area contributed by atoms with E-state index in [1.54, 1.807) is 0 Å². The Morgan fingerprint density at radius 2 is 1.58 bits per heavy atom. The Kier molecular flexibility index (Phi) is 6.37. The summed E-state index contributed by atoms with van der Waals surface area (Å²) in [6.07, 6.45) is 9.46. The lowest BCUT2D eigenvalue weighted by atomic mass is 9.91. The summed E-state index contributed by atoms with van der Waals surface area (Å²) in [5, 5.41) is 0. The van der Waals surface area contributed by atoms with Crippen LogP contribution in [0.4, 0.5) is 11.6 Å². The summed E-state index contributed by atoms with van der Waals surface area (Å²) in [5.41, 5.74) is 3.65. The predicted molar refractivity (Wildman–Crippen MR) is 133 cm³/mol. The van der Waals surface area contributed by atoms with Gasteiger partial charge in [-0.05, 0) is 61.9 Å². The van der Waals surface area contributed by atoms with Crippen LogP contribution in [0.15, 0.2) is 36.7 Å². The molecule has 1 aromatic carbocycles. The molecule has 0 saturated carbocycles. The number of piperidine rings is 1. The van der Waals surface area contributed by atoms with E-state index in [2.05, 4.69) is 58.4 Å². The number of likely N-dealkylation sites (N-methyl/N-ethyl adjacent to an activating group) is 1. The first-order chi connectivity index (χ1) is 16.0. The molecule has 3 aliphatic rings. The maximum atomic E-state index is 12.0. The van der Waals surface area contributed by atoms with E-state index in [1.165, 1.54) is 24.1 Å². The normalized spacial score (nSPS) is 24.0. The summed E-state index contributed by atoms with van der Waals surface area (Å²) >= 11 is 0. The van der Waals surface area contributed by atoms with E-state index in [0.717, 1.165) is 50.5 Å². The number of fused-ring (bicyclic) bond motifs is 2. The molecular formula is C27H37N5O. The topological polar surface area (TPSA) is 52.6 Å². The number of hydrogen-bond donors (Lipinski definition) is 0. The first kappa shape index (κ1) is 22.3. The molecule has 0 aliphatic carbocycles. The van der Waals surface area contributed by atoms with Gasteiger partial charge in [0, 0.05) is 68.7 Å². The molecule has 6 nitrogen and oxygen atoms in total. The third-order valence-corrected chi connectivity index (χ3v) is 7.84. The van der Waals surface area contributed by atoms with Gasteiger partial charge in [-0.15, -0.1) is 0 Å². The number of piperazine rings is 1. The van der Waals surface area contributed by atoms with Crippen molar-refractivity contribution in [2.75, 3.05) is 43.0 Å². The van der Waals surface area contributed by atoms with Crippen molar-refractivity contribution in [3.8, 4) is 0 Å². The zero-order valence-corrected chi connectivity index (χ0v) is 20.3. The second kappa shape index (κ2) is 9.41. The van der Waals surface area contributed by atoms with E-state index in [-0.39, 0.29) is 5.92 Å². The molecule has 176 valence electrons. The van der Waals surface area contributed by atoms with Crippen LogP contribution in [-0.4, -0.2) is 66.0 Å². The van der Waals surface area contributed by atoms with Gasteiger partial charge in [0.05, 0.1) is 0 Å². The molecule has 2 bridgehead atoms. The number of benzene rings is 1. The van der Waals surface area contributed by atoms with Crippen molar-refractivity contribution in [2.45, 2.75) is 64.0 Å². The van der Waals surface area contributed by atoms with Crippen molar-refractivity contribution in [1.29, 1.82) is 0 Å². The number of aromatic nitrogens is 2. The minimum atomic E-state index is 0.0958. The molecule has 3 fully saturated rings. The molecule has 3 aliphatic heterocycles. The highest BCUT2D eigenvalue weighted by Crippen LogP contribution is 2.34. The number of anilines is 2. The zero-order chi connectivity index (χ0) is 22.9.